The summed E-state index contributed by atoms with van der Waals surface area (Å²) in [6, 6.07) is 9.48. The number of primary amides is 1. The zero-order chi connectivity index (χ0) is 64.5. The summed E-state index contributed by atoms with van der Waals surface area (Å²) in [4.78, 5) is 134. The van der Waals surface area contributed by atoms with Crippen molar-refractivity contribution in [3.8, 4) is 11.1 Å². The Morgan fingerprint density at radius 3 is 1.83 bits per heavy atom. The van der Waals surface area contributed by atoms with Crippen molar-refractivity contribution < 1.29 is 80.1 Å². The molecule has 0 saturated carbocycles. The first-order valence-electron chi connectivity index (χ1n) is 27.2. The maximum Gasteiger partial charge on any atom is 0.490 e. The molecule has 0 spiro atoms. The van der Waals surface area contributed by atoms with Crippen molar-refractivity contribution in [1.82, 2.24) is 51.7 Å². The van der Waals surface area contributed by atoms with Crippen LogP contribution in [0.5, 0.6) is 0 Å². The minimum atomic E-state index is -5.08. The summed E-state index contributed by atoms with van der Waals surface area (Å²) >= 11 is 0. The average Bonchev–Trinajstić information content (AvgIpc) is 1.97. The van der Waals surface area contributed by atoms with E-state index in [-0.39, 0.29) is 50.1 Å². The Bertz CT molecular complexity index is 2960. The summed E-state index contributed by atoms with van der Waals surface area (Å²) in [6.45, 7) is 8.24. The van der Waals surface area contributed by atoms with E-state index in [4.69, 9.17) is 21.4 Å². The third kappa shape index (κ3) is 24.0. The number of carboxylic acids is 1. The van der Waals surface area contributed by atoms with Crippen LogP contribution in [0.2, 0.25) is 0 Å². The van der Waals surface area contributed by atoms with E-state index >= 15 is 4.39 Å². The van der Waals surface area contributed by atoms with Gasteiger partial charge >= 0.3 is 12.1 Å². The van der Waals surface area contributed by atoms with Crippen LogP contribution in [0.3, 0.4) is 0 Å². The predicted molar refractivity (Wildman–Crippen MR) is 302 cm³/mol. The molecule has 0 saturated heterocycles. The van der Waals surface area contributed by atoms with Crippen LogP contribution in [-0.4, -0.2) is 153 Å². The number of alkyl halides is 3. The summed E-state index contributed by atoms with van der Waals surface area (Å²) in [5, 5.41) is 35.5. The van der Waals surface area contributed by atoms with Crippen LogP contribution in [0, 0.1) is 17.0 Å². The van der Waals surface area contributed by atoms with Gasteiger partial charge in [-0.3, -0.25) is 48.1 Å². The largest absolute Gasteiger partial charge is 0.490 e. The number of nitrogens with zero attached hydrogens (tertiary/aromatic N) is 3. The minimum Gasteiger partial charge on any atom is -0.475 e. The predicted octanol–water partition coefficient (Wildman–Crippen LogP) is 1.77. The Labute approximate surface area is 493 Å². The van der Waals surface area contributed by atoms with Crippen LogP contribution in [-0.2, 0) is 60.9 Å². The number of aromatic nitrogens is 2. The number of nitrogens with two attached hydrogens (primary N) is 2. The number of benzene rings is 2. The molecule has 0 radical (unpaired) electrons. The van der Waals surface area contributed by atoms with Crippen molar-refractivity contribution in [3.05, 3.63) is 114 Å². The van der Waals surface area contributed by atoms with E-state index in [2.05, 4.69) is 42.2 Å². The van der Waals surface area contributed by atoms with E-state index in [0.717, 1.165) is 23.8 Å². The van der Waals surface area contributed by atoms with Gasteiger partial charge in [0.1, 0.15) is 48.5 Å². The van der Waals surface area contributed by atoms with E-state index in [9.17, 15) is 65.8 Å². The Morgan fingerprint density at radius 2 is 1.28 bits per heavy atom. The quantitative estimate of drug-likeness (QED) is 0.0262. The number of carbonyl (C=O) groups is 10. The van der Waals surface area contributed by atoms with Crippen LogP contribution in [0.1, 0.15) is 96.5 Å². The first-order chi connectivity index (χ1) is 40.4. The highest BCUT2D eigenvalue weighted by Crippen LogP contribution is 2.41. The van der Waals surface area contributed by atoms with Crippen molar-refractivity contribution in [2.24, 2.45) is 16.9 Å². The van der Waals surface area contributed by atoms with Gasteiger partial charge in [-0.15, -0.1) is 0 Å². The van der Waals surface area contributed by atoms with E-state index < -0.39 is 132 Å². The highest BCUT2D eigenvalue weighted by atomic mass is 19.4. The summed E-state index contributed by atoms with van der Waals surface area (Å²) in [7, 11) is 0. The first-order valence-corrected chi connectivity index (χ1v) is 27.2. The molecule has 470 valence electrons. The summed E-state index contributed by atoms with van der Waals surface area (Å²) in [6.07, 6.45) is -0.218. The number of pyridine rings is 1. The van der Waals surface area contributed by atoms with Crippen LogP contribution in [0.15, 0.2) is 85.3 Å². The number of aliphatic hydroxyl groups is 1. The van der Waals surface area contributed by atoms with Gasteiger partial charge < -0.3 is 68.4 Å². The van der Waals surface area contributed by atoms with E-state index in [1.165, 1.54) is 38.1 Å². The Kier molecular flexibility index (Phi) is 28.4. The van der Waals surface area contributed by atoms with Gasteiger partial charge in [0, 0.05) is 68.5 Å². The number of aliphatic carboxylic acids is 1. The number of carbonyl (C=O) groups excluding carboxylic acids is 9. The molecule has 9 amide bonds. The molecule has 2 heterocycles. The topological polar surface area (TPSA) is 368 Å². The molecule has 29 heteroatoms. The lowest BCUT2D eigenvalue weighted by Gasteiger charge is -2.41. The summed E-state index contributed by atoms with van der Waals surface area (Å²) in [5.41, 5.74) is 12.4. The smallest absolute Gasteiger partial charge is 0.475 e. The van der Waals surface area contributed by atoms with Crippen LogP contribution >= 0.6 is 0 Å². The summed E-state index contributed by atoms with van der Waals surface area (Å²) in [5.74, 6) is -11.1. The van der Waals surface area contributed by atoms with Gasteiger partial charge in [0.15, 0.2) is 0 Å². The Morgan fingerprint density at radius 1 is 0.709 bits per heavy atom. The van der Waals surface area contributed by atoms with Crippen LogP contribution < -0.4 is 48.7 Å². The average molecular weight is 1220 g/mol. The molecule has 4 aromatic rings. The minimum absolute atomic E-state index is 0.0526. The number of unbranched alkanes of at least 4 members (excludes halogenated alkanes) is 1. The number of nitrogens with one attached hydrogen (secondary N) is 7. The number of hydrogen-bond acceptors (Lipinski definition) is 13. The molecule has 86 heavy (non-hydrogen) atoms. The molecular weight excluding hydrogens is 1140 g/mol. The number of amides is 9. The zero-order valence-electron chi connectivity index (χ0n) is 48.4. The SMILES string of the molecule is CC(=O)N[C@@H](CCCCN)C(=O)NCCNC(=O)[C@H](CCN(C(=O)CO)[C@@H](c1cc(-c2cc(F)ccc2F)cn1Cc1ccccc1)C(C)(C)C)NC(=O)[C@H](CC(N)=O)NC(=O)[C@@H](C)NC(=O)[C@H](C)NC(=O)Cc1ccncc1.O=C(O)C(F)(F)F. The first kappa shape index (κ1) is 71.4. The lowest BCUT2D eigenvalue weighted by molar-refractivity contribution is -0.192. The van der Waals surface area contributed by atoms with Crippen LogP contribution in [0.4, 0.5) is 22.0 Å². The van der Waals surface area contributed by atoms with E-state index in [0.29, 0.717) is 37.1 Å². The lowest BCUT2D eigenvalue weighted by atomic mass is 9.82. The van der Waals surface area contributed by atoms with Gasteiger partial charge in [-0.25, -0.2) is 13.6 Å². The second-order valence-corrected chi connectivity index (χ2v) is 21.0. The van der Waals surface area contributed by atoms with Gasteiger partial charge in [0.2, 0.25) is 53.2 Å². The number of carboxylic acid groups (broad SMARTS) is 1. The summed E-state index contributed by atoms with van der Waals surface area (Å²) < 4.78 is 63.6. The molecule has 0 aliphatic heterocycles. The fourth-order valence-corrected chi connectivity index (χ4v) is 8.69. The number of rotatable bonds is 30. The monoisotopic (exact) mass is 1210 g/mol. The fourth-order valence-electron chi connectivity index (χ4n) is 8.69. The molecule has 0 aliphatic carbocycles. The third-order valence-electron chi connectivity index (χ3n) is 12.8. The lowest BCUT2D eigenvalue weighted by Crippen LogP contribution is -2.58. The highest BCUT2D eigenvalue weighted by molar-refractivity contribution is 5.97. The molecule has 2 aromatic carbocycles. The molecule has 0 fully saturated rings. The van der Waals surface area contributed by atoms with Gasteiger partial charge in [0.25, 0.3) is 0 Å². The standard InChI is InChI=1S/C55H74F2N12O10.C2HF3O2/c1-33(63-47(73)26-36-17-21-60-22-18-36)50(75)64-34(2)51(76)67-44(29-46(59)72)54(79)66-43(53(78)62-24-23-61-52(77)42(65-35(3)71)14-10-11-20-58)19-25-69(48(74)32-70)49(55(4,5)6)45-27-38(40-28-39(56)15-16-41(40)57)31-68(45)30-37-12-8-7-9-13-37;3-2(4,5)1(6)7/h7-9,12-13,15-18,21-22,27-28,31,33-34,42-44,49,70H,10-11,14,19-20,23-26,29-30,32,58H2,1-6H3,(H2,59,72)(H,61,77)(H,62,78)(H,63,73)(H,64,75)(H,65,71)(H,66,79)(H,67,76);(H,6,7)/t33-,34+,42-,43-,44-,49-;/m0./s1. The molecule has 6 atom stereocenters. The van der Waals surface area contributed by atoms with Crippen molar-refractivity contribution >= 4 is 59.1 Å². The van der Waals surface area contributed by atoms with Crippen molar-refractivity contribution in [2.45, 2.75) is 129 Å². The van der Waals surface area contributed by atoms with Gasteiger partial charge in [0.05, 0.1) is 18.9 Å². The second-order valence-electron chi connectivity index (χ2n) is 21.0. The number of aliphatic hydroxyl groups excluding tert-OH is 1. The maximum atomic E-state index is 15.4. The molecular formula is C57H75F5N12O12. The molecule has 0 bridgehead atoms. The van der Waals surface area contributed by atoms with E-state index in [1.807, 2.05) is 51.1 Å². The Hall–Kier alpha value is -8.86. The second kappa shape index (κ2) is 34.2. The molecule has 24 nitrogen and oxygen atoms in total. The molecule has 13 N–H and O–H groups in total. The van der Waals surface area contributed by atoms with Crippen molar-refractivity contribution in [1.29, 1.82) is 0 Å². The molecule has 4 rings (SSSR count). The normalized spacial score (nSPS) is 13.3. The fraction of sp³-hybridized carbons (Fsp3) is 0.456. The van der Waals surface area contributed by atoms with Gasteiger partial charge in [-0.1, -0.05) is 51.1 Å². The number of hydrogen-bond donors (Lipinski definition) is 11. The Balaban J connectivity index is 0.00000259. The molecule has 2 aromatic heterocycles. The van der Waals surface area contributed by atoms with Crippen molar-refractivity contribution in [2.75, 3.05) is 32.8 Å². The van der Waals surface area contributed by atoms with Gasteiger partial charge in [-0.05, 0) is 99.0 Å². The maximum absolute atomic E-state index is 15.4. The van der Waals surface area contributed by atoms with E-state index in [1.54, 1.807) is 29.0 Å². The number of halogens is 5. The third-order valence-corrected chi connectivity index (χ3v) is 12.8. The van der Waals surface area contributed by atoms with Gasteiger partial charge in [-0.2, -0.15) is 13.2 Å². The van der Waals surface area contributed by atoms with Crippen molar-refractivity contribution in [3.63, 3.8) is 0 Å². The molecule has 0 aliphatic rings. The zero-order valence-corrected chi connectivity index (χ0v) is 48.4. The molecule has 0 unspecified atom stereocenters. The highest BCUT2D eigenvalue weighted by Gasteiger charge is 2.40. The van der Waals surface area contributed by atoms with Crippen LogP contribution in [0.25, 0.3) is 11.1 Å².